The van der Waals surface area contributed by atoms with E-state index in [1.807, 2.05) is 12.5 Å². The Bertz CT molecular complexity index is 778. The van der Waals surface area contributed by atoms with Gasteiger partial charge in [0.1, 0.15) is 0 Å². The zero-order chi connectivity index (χ0) is 14.2. The van der Waals surface area contributed by atoms with Crippen molar-refractivity contribution in [3.63, 3.8) is 0 Å². The number of hydrogen-bond acceptors (Lipinski definition) is 1. The van der Waals surface area contributed by atoms with Gasteiger partial charge in [0, 0.05) is 16.9 Å². The smallest absolute Gasteiger partial charge is 0.0954 e. The van der Waals surface area contributed by atoms with Crippen LogP contribution in [0.5, 0.6) is 0 Å². The van der Waals surface area contributed by atoms with E-state index in [9.17, 15) is 0 Å². The fourth-order valence-electron chi connectivity index (χ4n) is 3.26. The molecule has 0 fully saturated rings. The summed E-state index contributed by atoms with van der Waals surface area (Å²) in [6.45, 7) is 0. The second-order valence-corrected chi connectivity index (χ2v) is 6.37. The number of benzene rings is 2. The van der Waals surface area contributed by atoms with E-state index in [0.717, 1.165) is 17.3 Å². The molecule has 3 heteroatoms. The van der Waals surface area contributed by atoms with E-state index >= 15 is 0 Å². The van der Waals surface area contributed by atoms with Crippen molar-refractivity contribution in [3.8, 4) is 0 Å². The van der Waals surface area contributed by atoms with Gasteiger partial charge in [0.2, 0.25) is 0 Å². The van der Waals surface area contributed by atoms with E-state index in [0.29, 0.717) is 0 Å². The topological polar surface area (TPSA) is 17.8 Å². The number of aryl methyl sites for hydroxylation is 2. The molecule has 0 radical (unpaired) electrons. The van der Waals surface area contributed by atoms with Gasteiger partial charge in [0.05, 0.1) is 12.4 Å². The first-order valence-corrected chi connectivity index (χ1v) is 7.96. The maximum absolute atomic E-state index is 4.25. The summed E-state index contributed by atoms with van der Waals surface area (Å²) in [5, 5.41) is 0. The highest BCUT2D eigenvalue weighted by Crippen LogP contribution is 2.36. The van der Waals surface area contributed by atoms with Crippen molar-refractivity contribution in [2.45, 2.75) is 18.9 Å². The summed E-state index contributed by atoms with van der Waals surface area (Å²) in [6.07, 6.45) is 8.00. The van der Waals surface area contributed by atoms with Gasteiger partial charge in [0.15, 0.2) is 0 Å². The first-order valence-electron chi connectivity index (χ1n) is 7.16. The van der Waals surface area contributed by atoms with Gasteiger partial charge in [-0.05, 0) is 47.2 Å². The normalized spacial score (nSPS) is 16.9. The van der Waals surface area contributed by atoms with Crippen molar-refractivity contribution >= 4 is 15.9 Å². The Morgan fingerprint density at radius 3 is 2.62 bits per heavy atom. The fourth-order valence-corrected chi connectivity index (χ4v) is 3.64. The highest BCUT2D eigenvalue weighted by Gasteiger charge is 2.24. The van der Waals surface area contributed by atoms with E-state index in [1.165, 1.54) is 22.3 Å². The molecule has 4 rings (SSSR count). The van der Waals surface area contributed by atoms with Crippen molar-refractivity contribution in [1.29, 1.82) is 0 Å². The Morgan fingerprint density at radius 2 is 1.81 bits per heavy atom. The average Bonchev–Trinajstić information content (AvgIpc) is 2.97. The van der Waals surface area contributed by atoms with Gasteiger partial charge >= 0.3 is 0 Å². The van der Waals surface area contributed by atoms with E-state index in [-0.39, 0.29) is 6.04 Å². The average molecular weight is 339 g/mol. The Kier molecular flexibility index (Phi) is 3.15. The molecule has 1 atom stereocenters. The third kappa shape index (κ3) is 2.22. The van der Waals surface area contributed by atoms with Crippen LogP contribution in [-0.4, -0.2) is 9.55 Å². The van der Waals surface area contributed by atoms with Gasteiger partial charge in [-0.2, -0.15) is 0 Å². The predicted octanol–water partition coefficient (Wildman–Crippen LogP) is 4.38. The van der Waals surface area contributed by atoms with Crippen molar-refractivity contribution in [1.82, 2.24) is 9.55 Å². The van der Waals surface area contributed by atoms with Crippen molar-refractivity contribution < 1.29 is 0 Å². The number of hydrogen-bond donors (Lipinski definition) is 0. The van der Waals surface area contributed by atoms with Crippen LogP contribution in [0.1, 0.15) is 28.3 Å². The molecule has 0 saturated heterocycles. The minimum Gasteiger partial charge on any atom is -0.326 e. The van der Waals surface area contributed by atoms with Gasteiger partial charge in [-0.15, -0.1) is 0 Å². The Labute approximate surface area is 132 Å². The van der Waals surface area contributed by atoms with Crippen LogP contribution in [0.25, 0.3) is 0 Å². The Balaban J connectivity index is 2.00. The lowest BCUT2D eigenvalue weighted by molar-refractivity contribution is 0.673. The highest BCUT2D eigenvalue weighted by atomic mass is 79.9. The van der Waals surface area contributed by atoms with Crippen LogP contribution >= 0.6 is 15.9 Å². The van der Waals surface area contributed by atoms with E-state index in [2.05, 4.69) is 74.1 Å². The fraction of sp³-hybridized carbons (Fsp3) is 0.167. The molecule has 1 aromatic heterocycles. The van der Waals surface area contributed by atoms with Gasteiger partial charge < -0.3 is 4.57 Å². The molecule has 1 aliphatic rings. The molecule has 1 heterocycles. The first-order chi connectivity index (χ1) is 10.3. The summed E-state index contributed by atoms with van der Waals surface area (Å²) < 4.78 is 3.33. The molecule has 2 aromatic carbocycles. The maximum atomic E-state index is 4.25. The number of imidazole rings is 1. The minimum absolute atomic E-state index is 0.207. The van der Waals surface area contributed by atoms with Crippen molar-refractivity contribution in [2.75, 3.05) is 0 Å². The van der Waals surface area contributed by atoms with Gasteiger partial charge in [-0.3, -0.25) is 0 Å². The van der Waals surface area contributed by atoms with E-state index in [4.69, 9.17) is 0 Å². The van der Waals surface area contributed by atoms with Crippen molar-refractivity contribution in [3.05, 3.63) is 87.9 Å². The molecule has 21 heavy (non-hydrogen) atoms. The molecule has 0 amide bonds. The Hall–Kier alpha value is -1.87. The summed E-state index contributed by atoms with van der Waals surface area (Å²) in [5.41, 5.74) is 5.61. The van der Waals surface area contributed by atoms with Crippen LogP contribution in [0.4, 0.5) is 0 Å². The summed E-state index contributed by atoms with van der Waals surface area (Å²) in [4.78, 5) is 4.25. The third-order valence-electron chi connectivity index (χ3n) is 4.24. The second-order valence-electron chi connectivity index (χ2n) is 5.45. The number of halogens is 1. The number of rotatable bonds is 1. The largest absolute Gasteiger partial charge is 0.326 e. The molecule has 1 aliphatic carbocycles. The van der Waals surface area contributed by atoms with Crippen LogP contribution in [-0.2, 0) is 12.8 Å². The zero-order valence-corrected chi connectivity index (χ0v) is 13.1. The van der Waals surface area contributed by atoms with Gasteiger partial charge in [-0.25, -0.2) is 4.98 Å². The molecular formula is C18H15BrN2. The van der Waals surface area contributed by atoms with E-state index < -0.39 is 0 Å². The van der Waals surface area contributed by atoms with Crippen LogP contribution in [0.3, 0.4) is 0 Å². The predicted molar refractivity (Wildman–Crippen MR) is 87.5 cm³/mol. The van der Waals surface area contributed by atoms with E-state index in [1.54, 1.807) is 0 Å². The molecule has 1 unspecified atom stereocenters. The minimum atomic E-state index is 0.207. The quantitative estimate of drug-likeness (QED) is 0.643. The summed E-state index contributed by atoms with van der Waals surface area (Å²) in [5.74, 6) is 0. The SMILES string of the molecule is Brc1ccc2c(c1)C(n1ccnc1)c1ccccc1CC2. The number of fused-ring (bicyclic) bond motifs is 2. The molecule has 0 saturated carbocycles. The first kappa shape index (κ1) is 12.8. The molecule has 0 spiro atoms. The molecule has 0 bridgehead atoms. The van der Waals surface area contributed by atoms with Crippen molar-refractivity contribution in [2.24, 2.45) is 0 Å². The molecule has 3 aromatic rings. The lowest BCUT2D eigenvalue weighted by Crippen LogP contribution is -2.12. The zero-order valence-electron chi connectivity index (χ0n) is 11.5. The molecule has 0 aliphatic heterocycles. The van der Waals surface area contributed by atoms with Crippen LogP contribution in [0, 0.1) is 0 Å². The maximum Gasteiger partial charge on any atom is 0.0954 e. The second kappa shape index (κ2) is 5.15. The number of aromatic nitrogens is 2. The molecule has 2 nitrogen and oxygen atoms in total. The van der Waals surface area contributed by atoms with Crippen LogP contribution < -0.4 is 0 Å². The highest BCUT2D eigenvalue weighted by molar-refractivity contribution is 9.10. The monoisotopic (exact) mass is 338 g/mol. The lowest BCUT2D eigenvalue weighted by atomic mass is 9.94. The number of nitrogens with zero attached hydrogens (tertiary/aromatic N) is 2. The van der Waals surface area contributed by atoms with Crippen LogP contribution in [0.15, 0.2) is 65.7 Å². The lowest BCUT2D eigenvalue weighted by Gasteiger charge is -2.22. The van der Waals surface area contributed by atoms with Gasteiger partial charge in [-0.1, -0.05) is 46.3 Å². The molecule has 0 N–H and O–H groups in total. The molecule has 104 valence electrons. The summed E-state index contributed by atoms with van der Waals surface area (Å²) >= 11 is 3.62. The standard InChI is InChI=1S/C18H15BrN2/c19-15-8-7-14-6-5-13-3-1-2-4-16(13)18(17(14)11-15)21-10-9-20-12-21/h1-4,7-12,18H,5-6H2. The van der Waals surface area contributed by atoms with Crippen LogP contribution in [0.2, 0.25) is 0 Å². The summed E-state index contributed by atoms with van der Waals surface area (Å²) in [6, 6.07) is 15.6. The summed E-state index contributed by atoms with van der Waals surface area (Å²) in [7, 11) is 0. The molecular weight excluding hydrogens is 324 g/mol. The third-order valence-corrected chi connectivity index (χ3v) is 4.73. The Morgan fingerprint density at radius 1 is 1.00 bits per heavy atom. The van der Waals surface area contributed by atoms with Gasteiger partial charge in [0.25, 0.3) is 0 Å².